The SMILES string of the molecule is CNC(=N)N/N=C/c1c[nH]c2ccc(OC)cc12. The third kappa shape index (κ3) is 2.42. The molecule has 4 N–H and O–H groups in total. The topological polar surface area (TPSA) is 85.3 Å². The minimum atomic E-state index is 0.142. The van der Waals surface area contributed by atoms with Crippen molar-refractivity contribution in [3.8, 4) is 5.75 Å². The summed E-state index contributed by atoms with van der Waals surface area (Å²) >= 11 is 0. The molecule has 0 bridgehead atoms. The maximum absolute atomic E-state index is 7.33. The van der Waals surface area contributed by atoms with Crippen molar-refractivity contribution in [3.05, 3.63) is 30.0 Å². The van der Waals surface area contributed by atoms with Crippen LogP contribution in [0.2, 0.25) is 0 Å². The summed E-state index contributed by atoms with van der Waals surface area (Å²) in [6.07, 6.45) is 3.52. The Morgan fingerprint density at radius 3 is 3.06 bits per heavy atom. The number of guanidine groups is 1. The molecule has 0 saturated heterocycles. The zero-order valence-electron chi connectivity index (χ0n) is 10.2. The molecule has 18 heavy (non-hydrogen) atoms. The quantitative estimate of drug-likeness (QED) is 0.373. The molecule has 1 aromatic carbocycles. The summed E-state index contributed by atoms with van der Waals surface area (Å²) in [5, 5.41) is 15.0. The predicted molar refractivity (Wildman–Crippen MR) is 72.4 cm³/mol. The van der Waals surface area contributed by atoms with Gasteiger partial charge in [0.25, 0.3) is 0 Å². The Hall–Kier alpha value is -2.50. The van der Waals surface area contributed by atoms with Crippen LogP contribution in [0.1, 0.15) is 5.56 Å². The number of hydrazone groups is 1. The van der Waals surface area contributed by atoms with Crippen molar-refractivity contribution >= 4 is 23.1 Å². The number of nitrogens with zero attached hydrogens (tertiary/aromatic N) is 1. The lowest BCUT2D eigenvalue weighted by Gasteiger charge is -2.00. The van der Waals surface area contributed by atoms with Crippen LogP contribution in [0.25, 0.3) is 10.9 Å². The number of aromatic amines is 1. The van der Waals surface area contributed by atoms with Gasteiger partial charge in [0.1, 0.15) is 5.75 Å². The Balaban J connectivity index is 2.25. The molecular weight excluding hydrogens is 230 g/mol. The smallest absolute Gasteiger partial charge is 0.208 e. The van der Waals surface area contributed by atoms with E-state index in [0.29, 0.717) is 0 Å². The third-order valence-corrected chi connectivity index (χ3v) is 2.55. The van der Waals surface area contributed by atoms with Gasteiger partial charge in [-0.3, -0.25) is 5.41 Å². The summed E-state index contributed by atoms with van der Waals surface area (Å²) in [6.45, 7) is 0. The van der Waals surface area contributed by atoms with E-state index in [1.807, 2.05) is 24.4 Å². The van der Waals surface area contributed by atoms with Gasteiger partial charge in [0.2, 0.25) is 5.96 Å². The van der Waals surface area contributed by atoms with Crippen LogP contribution >= 0.6 is 0 Å². The first-order chi connectivity index (χ1) is 8.74. The maximum atomic E-state index is 7.33. The molecule has 2 aromatic rings. The first-order valence-electron chi connectivity index (χ1n) is 5.45. The van der Waals surface area contributed by atoms with Crippen LogP contribution in [-0.2, 0) is 0 Å². The highest BCUT2D eigenvalue weighted by Crippen LogP contribution is 2.22. The third-order valence-electron chi connectivity index (χ3n) is 2.55. The second kappa shape index (κ2) is 5.22. The highest BCUT2D eigenvalue weighted by atomic mass is 16.5. The average Bonchev–Trinajstić information content (AvgIpc) is 2.81. The largest absolute Gasteiger partial charge is 0.497 e. The van der Waals surface area contributed by atoms with Crippen molar-refractivity contribution in [2.75, 3.05) is 14.2 Å². The van der Waals surface area contributed by atoms with Crippen molar-refractivity contribution in [1.82, 2.24) is 15.7 Å². The lowest BCUT2D eigenvalue weighted by Crippen LogP contribution is -2.29. The second-order valence-electron chi connectivity index (χ2n) is 3.65. The molecule has 2 rings (SSSR count). The molecule has 0 atom stereocenters. The average molecular weight is 245 g/mol. The lowest BCUT2D eigenvalue weighted by molar-refractivity contribution is 0.415. The molecule has 0 aliphatic rings. The van der Waals surface area contributed by atoms with E-state index < -0.39 is 0 Å². The van der Waals surface area contributed by atoms with E-state index in [-0.39, 0.29) is 5.96 Å². The summed E-state index contributed by atoms with van der Waals surface area (Å²) in [4.78, 5) is 3.15. The summed E-state index contributed by atoms with van der Waals surface area (Å²) in [6, 6.07) is 5.79. The zero-order chi connectivity index (χ0) is 13.0. The van der Waals surface area contributed by atoms with Gasteiger partial charge in [0.15, 0.2) is 0 Å². The Kier molecular flexibility index (Phi) is 3.47. The highest BCUT2D eigenvalue weighted by Gasteiger charge is 2.02. The fraction of sp³-hybridized carbons (Fsp3) is 0.167. The summed E-state index contributed by atoms with van der Waals surface area (Å²) in [5.41, 5.74) is 4.51. The predicted octanol–water partition coefficient (Wildman–Crippen LogP) is 1.25. The maximum Gasteiger partial charge on any atom is 0.208 e. The molecule has 6 nitrogen and oxygen atoms in total. The van der Waals surface area contributed by atoms with Crippen LogP contribution in [-0.4, -0.2) is 31.3 Å². The van der Waals surface area contributed by atoms with Crippen molar-refractivity contribution in [3.63, 3.8) is 0 Å². The Bertz CT molecular complexity index is 587. The van der Waals surface area contributed by atoms with E-state index in [4.69, 9.17) is 10.1 Å². The van der Waals surface area contributed by atoms with E-state index in [9.17, 15) is 0 Å². The molecule has 0 aliphatic carbocycles. The molecule has 0 amide bonds. The van der Waals surface area contributed by atoms with Gasteiger partial charge in [-0.05, 0) is 18.2 Å². The first-order valence-corrected chi connectivity index (χ1v) is 5.45. The molecule has 6 heteroatoms. The highest BCUT2D eigenvalue weighted by molar-refractivity contribution is 5.99. The van der Waals surface area contributed by atoms with Crippen molar-refractivity contribution in [2.45, 2.75) is 0 Å². The van der Waals surface area contributed by atoms with Crippen molar-refractivity contribution in [2.24, 2.45) is 5.10 Å². The number of H-pyrrole nitrogens is 1. The number of hydrogen-bond donors (Lipinski definition) is 4. The fourth-order valence-corrected chi connectivity index (χ4v) is 1.58. The number of aromatic nitrogens is 1. The number of hydrogen-bond acceptors (Lipinski definition) is 3. The first kappa shape index (κ1) is 12.0. The molecule has 0 spiro atoms. The van der Waals surface area contributed by atoms with Gasteiger partial charge in [-0.1, -0.05) is 0 Å². The molecule has 0 fully saturated rings. The van der Waals surface area contributed by atoms with E-state index in [1.54, 1.807) is 20.4 Å². The Morgan fingerprint density at radius 1 is 1.50 bits per heavy atom. The van der Waals surface area contributed by atoms with E-state index in [2.05, 4.69) is 20.8 Å². The standard InChI is InChI=1S/C12H15N5O/c1-14-12(13)17-16-7-8-6-15-11-4-3-9(18-2)5-10(8)11/h3-7,15H,1-2H3,(H3,13,14,17)/b16-7+. The van der Waals surface area contributed by atoms with Crippen LogP contribution < -0.4 is 15.5 Å². The summed E-state index contributed by atoms with van der Waals surface area (Å²) in [7, 11) is 3.29. The van der Waals surface area contributed by atoms with Gasteiger partial charge in [-0.15, -0.1) is 0 Å². The zero-order valence-corrected chi connectivity index (χ0v) is 10.2. The van der Waals surface area contributed by atoms with Crippen LogP contribution in [0, 0.1) is 5.41 Å². The van der Waals surface area contributed by atoms with E-state index >= 15 is 0 Å². The summed E-state index contributed by atoms with van der Waals surface area (Å²) in [5.74, 6) is 0.941. The number of rotatable bonds is 3. The van der Waals surface area contributed by atoms with Crippen LogP contribution in [0.15, 0.2) is 29.5 Å². The van der Waals surface area contributed by atoms with Gasteiger partial charge in [-0.2, -0.15) is 5.10 Å². The molecule has 0 aliphatic heterocycles. The van der Waals surface area contributed by atoms with Crippen LogP contribution in [0.4, 0.5) is 0 Å². The van der Waals surface area contributed by atoms with Crippen molar-refractivity contribution in [1.29, 1.82) is 5.41 Å². The molecule has 1 heterocycles. The second-order valence-corrected chi connectivity index (χ2v) is 3.65. The van der Waals surface area contributed by atoms with Gasteiger partial charge in [-0.25, -0.2) is 5.43 Å². The van der Waals surface area contributed by atoms with Crippen molar-refractivity contribution < 1.29 is 4.74 Å². The number of ether oxygens (including phenoxy) is 1. The molecule has 1 aromatic heterocycles. The van der Waals surface area contributed by atoms with Gasteiger partial charge < -0.3 is 15.0 Å². The number of methoxy groups -OCH3 is 1. The number of nitrogens with one attached hydrogen (secondary N) is 4. The van der Waals surface area contributed by atoms with Crippen LogP contribution in [0.3, 0.4) is 0 Å². The van der Waals surface area contributed by atoms with Gasteiger partial charge in [0.05, 0.1) is 13.3 Å². The van der Waals surface area contributed by atoms with E-state index in [1.165, 1.54) is 0 Å². The molecule has 0 radical (unpaired) electrons. The number of fused-ring (bicyclic) bond motifs is 1. The van der Waals surface area contributed by atoms with Crippen LogP contribution in [0.5, 0.6) is 5.75 Å². The number of benzene rings is 1. The molecular formula is C12H15N5O. The van der Waals surface area contributed by atoms with Gasteiger partial charge in [0, 0.05) is 29.7 Å². The molecule has 0 unspecified atom stereocenters. The minimum Gasteiger partial charge on any atom is -0.497 e. The molecule has 94 valence electrons. The Labute approximate surface area is 105 Å². The van der Waals surface area contributed by atoms with Gasteiger partial charge >= 0.3 is 0 Å². The minimum absolute atomic E-state index is 0.142. The Morgan fingerprint density at radius 2 is 2.33 bits per heavy atom. The monoisotopic (exact) mass is 245 g/mol. The fourth-order valence-electron chi connectivity index (χ4n) is 1.58. The summed E-state index contributed by atoms with van der Waals surface area (Å²) < 4.78 is 5.19. The molecule has 0 saturated carbocycles. The normalized spacial score (nSPS) is 10.8. The van der Waals surface area contributed by atoms with E-state index in [0.717, 1.165) is 22.2 Å². The lowest BCUT2D eigenvalue weighted by atomic mass is 10.2.